The first-order chi connectivity index (χ1) is 9.56. The van der Waals surface area contributed by atoms with E-state index in [0.717, 1.165) is 22.2 Å². The van der Waals surface area contributed by atoms with Crippen molar-refractivity contribution >= 4 is 18.4 Å². The van der Waals surface area contributed by atoms with Crippen molar-refractivity contribution in [3.05, 3.63) is 51.2 Å². The van der Waals surface area contributed by atoms with Crippen molar-refractivity contribution in [2.45, 2.75) is 20.0 Å². The van der Waals surface area contributed by atoms with Crippen LogP contribution < -0.4 is 10.3 Å². The molecule has 0 spiro atoms. The highest BCUT2D eigenvalue weighted by atomic mass is 32.1. The van der Waals surface area contributed by atoms with Crippen LogP contribution in [-0.4, -0.2) is 27.2 Å². The average molecular weight is 290 g/mol. The number of aromatic nitrogens is 3. The molecular formula is C13H14N4O2S. The highest BCUT2D eigenvalue weighted by Gasteiger charge is 1.98. The van der Waals surface area contributed by atoms with Gasteiger partial charge in [0.2, 0.25) is 4.77 Å². The van der Waals surface area contributed by atoms with E-state index in [1.54, 1.807) is 6.21 Å². The van der Waals surface area contributed by atoms with Crippen molar-refractivity contribution in [2.75, 3.05) is 0 Å². The minimum absolute atomic E-state index is 0.128. The highest BCUT2D eigenvalue weighted by Crippen LogP contribution is 2.12. The van der Waals surface area contributed by atoms with E-state index in [0.29, 0.717) is 0 Å². The lowest BCUT2D eigenvalue weighted by atomic mass is 10.2. The second kappa shape index (κ2) is 6.25. The molecule has 0 aliphatic carbocycles. The van der Waals surface area contributed by atoms with Gasteiger partial charge in [-0.1, -0.05) is 0 Å². The molecule has 0 amide bonds. The van der Waals surface area contributed by atoms with Gasteiger partial charge in [0, 0.05) is 0 Å². The Balaban J connectivity index is 2.20. The number of ether oxygens (including phenoxy) is 1. The summed E-state index contributed by atoms with van der Waals surface area (Å²) in [6, 6.07) is 7.38. The third kappa shape index (κ3) is 3.61. The molecule has 104 valence electrons. The van der Waals surface area contributed by atoms with Gasteiger partial charge in [0.25, 0.3) is 5.56 Å². The first-order valence-corrected chi connectivity index (χ1v) is 6.45. The largest absolute Gasteiger partial charge is 0.491 e. The summed E-state index contributed by atoms with van der Waals surface area (Å²) in [7, 11) is 0. The molecule has 0 unspecified atom stereocenters. The van der Waals surface area contributed by atoms with Crippen LogP contribution in [0.15, 0.2) is 40.4 Å². The van der Waals surface area contributed by atoms with Crippen molar-refractivity contribution in [2.24, 2.45) is 5.10 Å². The number of H-pyrrole nitrogens is 1. The fraction of sp³-hybridized carbons (Fsp3) is 0.231. The Morgan fingerprint density at radius 1 is 1.40 bits per heavy atom. The number of nitrogens with zero attached hydrogens (tertiary/aromatic N) is 3. The molecule has 0 saturated carbocycles. The van der Waals surface area contributed by atoms with E-state index >= 15 is 0 Å². The summed E-state index contributed by atoms with van der Waals surface area (Å²) in [6.45, 7) is 3.93. The molecule has 1 N–H and O–H groups in total. The van der Waals surface area contributed by atoms with E-state index in [1.807, 2.05) is 38.1 Å². The van der Waals surface area contributed by atoms with Crippen LogP contribution in [0, 0.1) is 4.77 Å². The smallest absolute Gasteiger partial charge is 0.293 e. The highest BCUT2D eigenvalue weighted by molar-refractivity contribution is 7.71. The molecule has 1 aromatic heterocycles. The van der Waals surface area contributed by atoms with E-state index in [4.69, 9.17) is 17.0 Å². The second-order valence-electron chi connectivity index (χ2n) is 4.31. The summed E-state index contributed by atoms with van der Waals surface area (Å²) in [5.41, 5.74) is 0.448. The maximum atomic E-state index is 11.5. The monoisotopic (exact) mass is 290 g/mol. The molecule has 6 nitrogen and oxygen atoms in total. The van der Waals surface area contributed by atoms with E-state index in [2.05, 4.69) is 15.3 Å². The minimum atomic E-state index is -0.384. The van der Waals surface area contributed by atoms with Crippen molar-refractivity contribution in [1.29, 1.82) is 0 Å². The first kappa shape index (κ1) is 14.1. The standard InChI is InChI=1S/C13H14N4O2S/c1-9(2)19-11-5-3-10(4-6-11)7-15-17-12(18)8-14-16-13(17)20/h3-9H,1-2H3,(H,16,20)/b15-7-. The fourth-order valence-electron chi connectivity index (χ4n) is 1.48. The van der Waals surface area contributed by atoms with Gasteiger partial charge in [0.15, 0.2) is 0 Å². The first-order valence-electron chi connectivity index (χ1n) is 6.04. The van der Waals surface area contributed by atoms with Gasteiger partial charge in [0.05, 0.1) is 12.3 Å². The molecular weight excluding hydrogens is 276 g/mol. The molecule has 0 radical (unpaired) electrons. The lowest BCUT2D eigenvalue weighted by Gasteiger charge is -2.09. The summed E-state index contributed by atoms with van der Waals surface area (Å²) in [5.74, 6) is 0.788. The van der Waals surface area contributed by atoms with E-state index in [9.17, 15) is 4.79 Å². The van der Waals surface area contributed by atoms with Gasteiger partial charge in [-0.2, -0.15) is 14.9 Å². The van der Waals surface area contributed by atoms with Crippen LogP contribution in [0.5, 0.6) is 5.75 Å². The molecule has 0 aliphatic heterocycles. The topological polar surface area (TPSA) is 72.3 Å². The average Bonchev–Trinajstić information content (AvgIpc) is 2.39. The number of nitrogens with one attached hydrogen (secondary N) is 1. The van der Waals surface area contributed by atoms with Crippen LogP contribution >= 0.6 is 12.2 Å². The zero-order chi connectivity index (χ0) is 14.5. The Morgan fingerprint density at radius 3 is 2.70 bits per heavy atom. The zero-order valence-corrected chi connectivity index (χ0v) is 11.9. The number of rotatable bonds is 4. The molecule has 2 aromatic rings. The Labute approximate surface area is 120 Å². The predicted molar refractivity (Wildman–Crippen MR) is 78.9 cm³/mol. The molecule has 0 saturated heterocycles. The van der Waals surface area contributed by atoms with Crippen LogP contribution in [0.3, 0.4) is 0 Å². The second-order valence-corrected chi connectivity index (χ2v) is 4.69. The van der Waals surface area contributed by atoms with E-state index in [-0.39, 0.29) is 16.4 Å². The maximum Gasteiger partial charge on any atom is 0.293 e. The molecule has 20 heavy (non-hydrogen) atoms. The van der Waals surface area contributed by atoms with Crippen LogP contribution in [0.2, 0.25) is 0 Å². The maximum absolute atomic E-state index is 11.5. The van der Waals surface area contributed by atoms with E-state index < -0.39 is 0 Å². The molecule has 1 heterocycles. The van der Waals surface area contributed by atoms with Crippen LogP contribution in [0.25, 0.3) is 0 Å². The lowest BCUT2D eigenvalue weighted by Crippen LogP contribution is -2.18. The Bertz CT molecular complexity index is 688. The fourth-order valence-corrected chi connectivity index (χ4v) is 1.67. The summed E-state index contributed by atoms with van der Waals surface area (Å²) < 4.78 is 6.76. The normalized spacial score (nSPS) is 11.2. The van der Waals surface area contributed by atoms with Gasteiger partial charge >= 0.3 is 0 Å². The number of aromatic amines is 1. The third-order valence-electron chi connectivity index (χ3n) is 2.31. The van der Waals surface area contributed by atoms with Crippen molar-refractivity contribution in [1.82, 2.24) is 14.9 Å². The Kier molecular flexibility index (Phi) is 4.41. The quantitative estimate of drug-likeness (QED) is 0.690. The van der Waals surface area contributed by atoms with Gasteiger partial charge in [-0.3, -0.25) is 9.89 Å². The van der Waals surface area contributed by atoms with Gasteiger partial charge in [-0.25, -0.2) is 0 Å². The minimum Gasteiger partial charge on any atom is -0.491 e. The molecule has 2 rings (SSSR count). The molecule has 1 aromatic carbocycles. The van der Waals surface area contributed by atoms with Gasteiger partial charge < -0.3 is 4.74 Å². The summed E-state index contributed by atoms with van der Waals surface area (Å²) in [6.07, 6.45) is 2.79. The molecule has 0 bridgehead atoms. The molecule has 0 fully saturated rings. The molecule has 0 atom stereocenters. The molecule has 7 heteroatoms. The zero-order valence-electron chi connectivity index (χ0n) is 11.1. The van der Waals surface area contributed by atoms with Crippen LogP contribution in [0.1, 0.15) is 19.4 Å². The number of hydrogen-bond donors (Lipinski definition) is 1. The van der Waals surface area contributed by atoms with Crippen molar-refractivity contribution in [3.8, 4) is 5.75 Å². The Hall–Kier alpha value is -2.28. The van der Waals surface area contributed by atoms with Crippen molar-refractivity contribution < 1.29 is 4.74 Å². The van der Waals surface area contributed by atoms with Gasteiger partial charge in [-0.05, 0) is 55.9 Å². The summed E-state index contributed by atoms with van der Waals surface area (Å²) in [4.78, 5) is 11.5. The van der Waals surface area contributed by atoms with Crippen molar-refractivity contribution in [3.63, 3.8) is 0 Å². The third-order valence-corrected chi connectivity index (χ3v) is 2.57. The number of benzene rings is 1. The predicted octanol–water partition coefficient (Wildman–Crippen LogP) is 1.97. The summed E-state index contributed by atoms with van der Waals surface area (Å²) in [5, 5.41) is 10.1. The number of hydrogen-bond acceptors (Lipinski definition) is 5. The molecule has 0 aliphatic rings. The van der Waals surface area contributed by atoms with Crippen LogP contribution in [0.4, 0.5) is 0 Å². The van der Waals surface area contributed by atoms with E-state index in [1.165, 1.54) is 0 Å². The SMILES string of the molecule is CC(C)Oc1ccc(/C=N\n2c(=O)cn[nH]c2=S)cc1. The van der Waals surface area contributed by atoms with Gasteiger partial charge in [-0.15, -0.1) is 0 Å². The Morgan fingerprint density at radius 2 is 2.10 bits per heavy atom. The summed E-state index contributed by atoms with van der Waals surface area (Å²) >= 11 is 4.93. The van der Waals surface area contributed by atoms with Gasteiger partial charge in [0.1, 0.15) is 11.9 Å². The van der Waals surface area contributed by atoms with Crippen LogP contribution in [-0.2, 0) is 0 Å². The lowest BCUT2D eigenvalue weighted by molar-refractivity contribution is 0.242.